The molecule has 0 amide bonds. The number of rotatable bonds is 3. The molecular formula is C12H11NOSe. The van der Waals surface area contributed by atoms with Gasteiger partial charge in [-0.1, -0.05) is 0 Å². The van der Waals surface area contributed by atoms with Crippen molar-refractivity contribution in [3.63, 3.8) is 0 Å². The number of aromatic nitrogens is 1. The fourth-order valence-corrected chi connectivity index (χ4v) is 2.80. The predicted molar refractivity (Wildman–Crippen MR) is 62.3 cm³/mol. The van der Waals surface area contributed by atoms with Gasteiger partial charge >= 0.3 is 95.3 Å². The molecule has 0 N–H and O–H groups in total. The summed E-state index contributed by atoms with van der Waals surface area (Å²) in [5.74, 6) is 0.899. The zero-order chi connectivity index (χ0) is 10.5. The van der Waals surface area contributed by atoms with Gasteiger partial charge in [-0.2, -0.15) is 0 Å². The first-order valence-corrected chi connectivity index (χ1v) is 6.33. The average Bonchev–Trinajstić information content (AvgIpc) is 2.31. The minimum atomic E-state index is 0.285. The molecule has 1 heterocycles. The molecule has 0 fully saturated rings. The van der Waals surface area contributed by atoms with Crippen molar-refractivity contribution in [3.05, 3.63) is 48.7 Å². The fourth-order valence-electron chi connectivity index (χ4n) is 1.17. The number of methoxy groups -OCH3 is 1. The summed E-state index contributed by atoms with van der Waals surface area (Å²) >= 11 is 0.285. The summed E-state index contributed by atoms with van der Waals surface area (Å²) in [6.07, 6.45) is 1.83. The van der Waals surface area contributed by atoms with Gasteiger partial charge in [0.2, 0.25) is 0 Å². The number of hydrogen-bond donors (Lipinski definition) is 0. The van der Waals surface area contributed by atoms with E-state index < -0.39 is 0 Å². The number of pyridine rings is 1. The maximum atomic E-state index is 5.11. The van der Waals surface area contributed by atoms with Gasteiger partial charge in [0, 0.05) is 0 Å². The summed E-state index contributed by atoms with van der Waals surface area (Å²) in [5, 5.41) is 0. The molecule has 76 valence electrons. The first kappa shape index (κ1) is 10.2. The number of nitrogens with zero attached hydrogens (tertiary/aromatic N) is 1. The Morgan fingerprint density at radius 2 is 1.87 bits per heavy atom. The third-order valence-corrected chi connectivity index (χ3v) is 3.93. The van der Waals surface area contributed by atoms with Crippen molar-refractivity contribution in [2.75, 3.05) is 7.11 Å². The molecule has 0 aliphatic carbocycles. The van der Waals surface area contributed by atoms with E-state index in [0.717, 1.165) is 10.3 Å². The number of benzene rings is 1. The van der Waals surface area contributed by atoms with E-state index in [1.807, 2.05) is 30.5 Å². The van der Waals surface area contributed by atoms with E-state index in [0.29, 0.717) is 0 Å². The van der Waals surface area contributed by atoms with Gasteiger partial charge in [-0.05, 0) is 0 Å². The Balaban J connectivity index is 2.11. The van der Waals surface area contributed by atoms with E-state index in [-0.39, 0.29) is 15.0 Å². The molecular weight excluding hydrogens is 253 g/mol. The number of ether oxygens (including phenoxy) is 1. The molecule has 0 unspecified atom stereocenters. The van der Waals surface area contributed by atoms with E-state index in [9.17, 15) is 0 Å². The van der Waals surface area contributed by atoms with Gasteiger partial charge in [0.05, 0.1) is 0 Å². The second-order valence-corrected chi connectivity index (χ2v) is 5.24. The first-order valence-electron chi connectivity index (χ1n) is 4.61. The van der Waals surface area contributed by atoms with Crippen LogP contribution in [0.25, 0.3) is 0 Å². The predicted octanol–water partition coefficient (Wildman–Crippen LogP) is 0.745. The van der Waals surface area contributed by atoms with Crippen molar-refractivity contribution in [2.24, 2.45) is 0 Å². The van der Waals surface area contributed by atoms with E-state index in [1.54, 1.807) is 7.11 Å². The van der Waals surface area contributed by atoms with Gasteiger partial charge in [-0.15, -0.1) is 0 Å². The maximum absolute atomic E-state index is 5.11. The quantitative estimate of drug-likeness (QED) is 0.763. The van der Waals surface area contributed by atoms with Crippen LogP contribution in [0, 0.1) is 0 Å². The zero-order valence-corrected chi connectivity index (χ0v) is 10.1. The Morgan fingerprint density at radius 1 is 1.07 bits per heavy atom. The second-order valence-electron chi connectivity index (χ2n) is 2.95. The van der Waals surface area contributed by atoms with Crippen LogP contribution in [0.5, 0.6) is 5.75 Å². The molecule has 2 rings (SSSR count). The van der Waals surface area contributed by atoms with Gasteiger partial charge < -0.3 is 0 Å². The second kappa shape index (κ2) is 4.96. The standard InChI is InChI=1S/C12H11NOSe/c1-14-10-5-7-11(8-6-10)15-12-4-2-3-9-13-12/h2-9H,1H3. The van der Waals surface area contributed by atoms with Gasteiger partial charge in [-0.3, -0.25) is 0 Å². The van der Waals surface area contributed by atoms with Crippen LogP contribution in [0.1, 0.15) is 0 Å². The van der Waals surface area contributed by atoms with Crippen LogP contribution >= 0.6 is 0 Å². The summed E-state index contributed by atoms with van der Waals surface area (Å²) in [6.45, 7) is 0. The van der Waals surface area contributed by atoms with Crippen LogP contribution in [-0.4, -0.2) is 27.1 Å². The van der Waals surface area contributed by atoms with Crippen LogP contribution in [0.4, 0.5) is 0 Å². The fraction of sp³-hybridized carbons (Fsp3) is 0.0833. The van der Waals surface area contributed by atoms with Crippen molar-refractivity contribution < 1.29 is 4.74 Å². The van der Waals surface area contributed by atoms with E-state index in [1.165, 1.54) is 4.46 Å². The minimum absolute atomic E-state index is 0.285. The molecule has 0 radical (unpaired) electrons. The molecule has 2 aromatic rings. The molecule has 1 aromatic heterocycles. The molecule has 15 heavy (non-hydrogen) atoms. The van der Waals surface area contributed by atoms with Crippen molar-refractivity contribution in [1.82, 2.24) is 4.98 Å². The SMILES string of the molecule is COc1ccc([Se]c2ccccn2)cc1. The Morgan fingerprint density at radius 3 is 2.47 bits per heavy atom. The molecule has 1 aromatic carbocycles. The van der Waals surface area contributed by atoms with Gasteiger partial charge in [0.15, 0.2) is 0 Å². The van der Waals surface area contributed by atoms with Crippen molar-refractivity contribution in [1.29, 1.82) is 0 Å². The van der Waals surface area contributed by atoms with Crippen molar-refractivity contribution >= 4 is 24.0 Å². The topological polar surface area (TPSA) is 22.1 Å². The number of hydrogen-bond acceptors (Lipinski definition) is 2. The van der Waals surface area contributed by atoms with E-state index in [4.69, 9.17) is 4.74 Å². The molecule has 0 bridgehead atoms. The normalized spacial score (nSPS) is 9.93. The average molecular weight is 264 g/mol. The third-order valence-electron chi connectivity index (χ3n) is 1.92. The Hall–Kier alpha value is -1.31. The van der Waals surface area contributed by atoms with Crippen LogP contribution in [0.3, 0.4) is 0 Å². The summed E-state index contributed by atoms with van der Waals surface area (Å²) in [5.41, 5.74) is 0. The van der Waals surface area contributed by atoms with Crippen LogP contribution in [-0.2, 0) is 0 Å². The zero-order valence-electron chi connectivity index (χ0n) is 8.38. The summed E-state index contributed by atoms with van der Waals surface area (Å²) in [4.78, 5) is 4.31. The molecule has 0 atom stereocenters. The summed E-state index contributed by atoms with van der Waals surface area (Å²) in [7, 11) is 1.68. The summed E-state index contributed by atoms with van der Waals surface area (Å²) in [6, 6.07) is 14.2. The van der Waals surface area contributed by atoms with E-state index in [2.05, 4.69) is 23.2 Å². The van der Waals surface area contributed by atoms with Gasteiger partial charge in [0.25, 0.3) is 0 Å². The summed E-state index contributed by atoms with van der Waals surface area (Å²) < 4.78 is 7.57. The molecule has 0 aliphatic rings. The first-order chi connectivity index (χ1) is 7.38. The van der Waals surface area contributed by atoms with Crippen LogP contribution in [0.15, 0.2) is 48.7 Å². The van der Waals surface area contributed by atoms with Crippen LogP contribution in [0.2, 0.25) is 0 Å². The Kier molecular flexibility index (Phi) is 3.38. The molecule has 2 nitrogen and oxygen atoms in total. The molecule has 3 heteroatoms. The van der Waals surface area contributed by atoms with E-state index >= 15 is 0 Å². The third kappa shape index (κ3) is 2.82. The monoisotopic (exact) mass is 265 g/mol. The van der Waals surface area contributed by atoms with Gasteiger partial charge in [-0.25, -0.2) is 0 Å². The van der Waals surface area contributed by atoms with Crippen LogP contribution < -0.4 is 13.8 Å². The Labute approximate surface area is 95.5 Å². The van der Waals surface area contributed by atoms with Gasteiger partial charge in [0.1, 0.15) is 0 Å². The van der Waals surface area contributed by atoms with Crippen molar-refractivity contribution in [3.8, 4) is 5.75 Å². The molecule has 0 saturated heterocycles. The Bertz CT molecular complexity index is 413. The molecule has 0 spiro atoms. The molecule has 0 saturated carbocycles. The molecule has 0 aliphatic heterocycles. The van der Waals surface area contributed by atoms with Crippen molar-refractivity contribution in [2.45, 2.75) is 0 Å².